The van der Waals surface area contributed by atoms with Crippen LogP contribution in [-0.4, -0.2) is 41.0 Å². The van der Waals surface area contributed by atoms with E-state index in [1.807, 2.05) is 6.20 Å². The molecule has 0 radical (unpaired) electrons. The number of halogens is 1. The first-order valence-electron chi connectivity index (χ1n) is 5.51. The number of nitrogens with one attached hydrogen (secondary N) is 1. The summed E-state index contributed by atoms with van der Waals surface area (Å²) in [5.41, 5.74) is 0. The van der Waals surface area contributed by atoms with E-state index in [4.69, 9.17) is 0 Å². The molecule has 0 aliphatic heterocycles. The minimum atomic E-state index is 0.610. The lowest BCUT2D eigenvalue weighted by atomic mass is 10.3. The number of aromatic nitrogens is 2. The number of anilines is 1. The van der Waals surface area contributed by atoms with Crippen molar-refractivity contribution in [2.24, 2.45) is 0 Å². The molecule has 0 aromatic carbocycles. The number of hydrogen-bond donors (Lipinski definition) is 1. The third-order valence-electron chi connectivity index (χ3n) is 2.53. The summed E-state index contributed by atoms with van der Waals surface area (Å²) in [5, 5.41) is 3.32. The standard InChI is InChI=1S/C11H19IN4/c1-9(2)16(3)6-4-5-14-11-10(12)7-13-8-15-11/h7-9H,4-6H2,1-3H3,(H,13,14,15). The van der Waals surface area contributed by atoms with Gasteiger partial charge in [0, 0.05) is 18.8 Å². The summed E-state index contributed by atoms with van der Waals surface area (Å²) in [7, 11) is 2.15. The Hall–Kier alpha value is -0.430. The van der Waals surface area contributed by atoms with Gasteiger partial charge in [-0.3, -0.25) is 0 Å². The number of nitrogens with zero attached hydrogens (tertiary/aromatic N) is 3. The molecule has 1 aromatic rings. The van der Waals surface area contributed by atoms with Gasteiger partial charge in [0.25, 0.3) is 0 Å². The number of rotatable bonds is 6. The summed E-state index contributed by atoms with van der Waals surface area (Å²) in [6.07, 6.45) is 4.51. The van der Waals surface area contributed by atoms with E-state index in [0.29, 0.717) is 6.04 Å². The second-order valence-corrected chi connectivity index (χ2v) is 5.24. The van der Waals surface area contributed by atoms with Crippen LogP contribution in [0.1, 0.15) is 20.3 Å². The molecule has 0 saturated carbocycles. The van der Waals surface area contributed by atoms with Crippen molar-refractivity contribution in [1.82, 2.24) is 14.9 Å². The van der Waals surface area contributed by atoms with E-state index in [9.17, 15) is 0 Å². The molecule has 1 N–H and O–H groups in total. The average molecular weight is 334 g/mol. The average Bonchev–Trinajstić information content (AvgIpc) is 2.26. The van der Waals surface area contributed by atoms with Crippen molar-refractivity contribution in [3.05, 3.63) is 16.1 Å². The van der Waals surface area contributed by atoms with Crippen LogP contribution in [0.3, 0.4) is 0 Å². The molecule has 90 valence electrons. The zero-order valence-corrected chi connectivity index (χ0v) is 12.2. The fourth-order valence-electron chi connectivity index (χ4n) is 1.24. The van der Waals surface area contributed by atoms with Crippen molar-refractivity contribution in [2.45, 2.75) is 26.3 Å². The van der Waals surface area contributed by atoms with Crippen LogP contribution in [-0.2, 0) is 0 Å². The van der Waals surface area contributed by atoms with E-state index in [1.165, 1.54) is 0 Å². The fraction of sp³-hybridized carbons (Fsp3) is 0.636. The molecule has 0 fully saturated rings. The van der Waals surface area contributed by atoms with Crippen LogP contribution in [0.15, 0.2) is 12.5 Å². The Labute approximate surface area is 111 Å². The molecule has 0 aliphatic rings. The lowest BCUT2D eigenvalue weighted by Gasteiger charge is -2.20. The molecule has 0 amide bonds. The lowest BCUT2D eigenvalue weighted by molar-refractivity contribution is 0.273. The lowest BCUT2D eigenvalue weighted by Crippen LogP contribution is -2.28. The van der Waals surface area contributed by atoms with Crippen LogP contribution >= 0.6 is 22.6 Å². The molecule has 0 spiro atoms. The molecule has 1 heterocycles. The van der Waals surface area contributed by atoms with Crippen LogP contribution in [0.2, 0.25) is 0 Å². The van der Waals surface area contributed by atoms with E-state index >= 15 is 0 Å². The van der Waals surface area contributed by atoms with E-state index in [0.717, 1.165) is 28.9 Å². The van der Waals surface area contributed by atoms with Crippen molar-refractivity contribution in [2.75, 3.05) is 25.5 Å². The summed E-state index contributed by atoms with van der Waals surface area (Å²) < 4.78 is 1.07. The zero-order valence-electron chi connectivity index (χ0n) is 10.1. The van der Waals surface area contributed by atoms with Crippen molar-refractivity contribution in [3.8, 4) is 0 Å². The molecule has 4 nitrogen and oxygen atoms in total. The van der Waals surface area contributed by atoms with Gasteiger partial charge in [0.15, 0.2) is 0 Å². The van der Waals surface area contributed by atoms with Gasteiger partial charge in [0.2, 0.25) is 0 Å². The molecule has 0 unspecified atom stereocenters. The van der Waals surface area contributed by atoms with Gasteiger partial charge >= 0.3 is 0 Å². The second-order valence-electron chi connectivity index (χ2n) is 4.07. The first-order chi connectivity index (χ1) is 7.61. The quantitative estimate of drug-likeness (QED) is 0.640. The molecule has 0 bridgehead atoms. The summed E-state index contributed by atoms with van der Waals surface area (Å²) in [6.45, 7) is 6.47. The van der Waals surface area contributed by atoms with Gasteiger partial charge in [-0.05, 0) is 56.5 Å². The van der Waals surface area contributed by atoms with E-state index < -0.39 is 0 Å². The van der Waals surface area contributed by atoms with Crippen LogP contribution in [0.4, 0.5) is 5.82 Å². The predicted octanol–water partition coefficient (Wildman–Crippen LogP) is 2.22. The first kappa shape index (κ1) is 13.6. The molecule has 0 saturated heterocycles. The van der Waals surface area contributed by atoms with Gasteiger partial charge < -0.3 is 10.2 Å². The Balaban J connectivity index is 2.24. The summed E-state index contributed by atoms with van der Waals surface area (Å²) in [4.78, 5) is 10.5. The van der Waals surface area contributed by atoms with Crippen molar-refractivity contribution in [3.63, 3.8) is 0 Å². The van der Waals surface area contributed by atoms with E-state index in [-0.39, 0.29) is 0 Å². The first-order valence-corrected chi connectivity index (χ1v) is 6.58. The second kappa shape index (κ2) is 7.01. The van der Waals surface area contributed by atoms with Crippen LogP contribution in [0.25, 0.3) is 0 Å². The van der Waals surface area contributed by atoms with Gasteiger partial charge in [-0.1, -0.05) is 0 Å². The predicted molar refractivity (Wildman–Crippen MR) is 75.6 cm³/mol. The van der Waals surface area contributed by atoms with Gasteiger partial charge in [0.05, 0.1) is 3.57 Å². The molecule has 0 atom stereocenters. The van der Waals surface area contributed by atoms with Gasteiger partial charge in [-0.25, -0.2) is 9.97 Å². The molecule has 16 heavy (non-hydrogen) atoms. The smallest absolute Gasteiger partial charge is 0.142 e. The minimum absolute atomic E-state index is 0.610. The van der Waals surface area contributed by atoms with E-state index in [2.05, 4.69) is 63.7 Å². The fourth-order valence-corrected chi connectivity index (χ4v) is 1.73. The molecule has 0 aliphatic carbocycles. The molecular formula is C11H19IN4. The van der Waals surface area contributed by atoms with Crippen molar-refractivity contribution < 1.29 is 0 Å². The summed E-state index contributed by atoms with van der Waals surface area (Å²) >= 11 is 2.24. The molecule has 1 aromatic heterocycles. The largest absolute Gasteiger partial charge is 0.369 e. The maximum absolute atomic E-state index is 4.19. The Kier molecular flexibility index (Phi) is 5.97. The summed E-state index contributed by atoms with van der Waals surface area (Å²) in [6, 6.07) is 0.610. The topological polar surface area (TPSA) is 41.0 Å². The molecular weight excluding hydrogens is 315 g/mol. The highest BCUT2D eigenvalue weighted by Crippen LogP contribution is 2.11. The van der Waals surface area contributed by atoms with Crippen LogP contribution in [0, 0.1) is 3.57 Å². The Morgan fingerprint density at radius 2 is 2.25 bits per heavy atom. The highest BCUT2D eigenvalue weighted by Gasteiger charge is 2.03. The highest BCUT2D eigenvalue weighted by molar-refractivity contribution is 14.1. The Bertz CT molecular complexity index is 317. The van der Waals surface area contributed by atoms with Gasteiger partial charge in [0.1, 0.15) is 12.1 Å². The maximum atomic E-state index is 4.19. The van der Waals surface area contributed by atoms with Gasteiger partial charge in [-0.2, -0.15) is 0 Å². The maximum Gasteiger partial charge on any atom is 0.142 e. The zero-order chi connectivity index (χ0) is 12.0. The highest BCUT2D eigenvalue weighted by atomic mass is 127. The Morgan fingerprint density at radius 3 is 2.88 bits per heavy atom. The van der Waals surface area contributed by atoms with Gasteiger partial charge in [-0.15, -0.1) is 0 Å². The van der Waals surface area contributed by atoms with Crippen LogP contribution < -0.4 is 5.32 Å². The minimum Gasteiger partial charge on any atom is -0.369 e. The monoisotopic (exact) mass is 334 g/mol. The number of hydrogen-bond acceptors (Lipinski definition) is 4. The van der Waals surface area contributed by atoms with Crippen LogP contribution in [0.5, 0.6) is 0 Å². The third-order valence-corrected chi connectivity index (χ3v) is 3.32. The SMILES string of the molecule is CC(C)N(C)CCCNc1ncncc1I. The molecule has 5 heteroatoms. The van der Waals surface area contributed by atoms with Crippen molar-refractivity contribution in [1.29, 1.82) is 0 Å². The summed E-state index contributed by atoms with van der Waals surface area (Å²) in [5.74, 6) is 0.933. The Morgan fingerprint density at radius 1 is 1.50 bits per heavy atom. The third kappa shape index (κ3) is 4.61. The van der Waals surface area contributed by atoms with Crippen molar-refractivity contribution >= 4 is 28.4 Å². The normalized spacial score (nSPS) is 11.1. The van der Waals surface area contributed by atoms with E-state index in [1.54, 1.807) is 6.33 Å². The molecule has 1 rings (SSSR count).